The van der Waals surface area contributed by atoms with E-state index in [-0.39, 0.29) is 35.4 Å². The molecule has 2 aromatic heterocycles. The number of Topliss-reactive ketones (excluding diaryl/α,β-unsaturated/α-hetero) is 1. The van der Waals surface area contributed by atoms with E-state index >= 15 is 0 Å². The summed E-state index contributed by atoms with van der Waals surface area (Å²) in [5.74, 6) is -2.47. The number of nitrogens with two attached hydrogens (primary N) is 1. The largest absolute Gasteiger partial charge is 0.328 e. The molecule has 1 saturated carbocycles. The number of pyridine rings is 2. The number of halogens is 3. The normalized spacial score (nSPS) is 18.7. The minimum Gasteiger partial charge on any atom is -0.328 e. The van der Waals surface area contributed by atoms with Gasteiger partial charge in [-0.05, 0) is 72.7 Å². The molecule has 1 fully saturated rings. The Hall–Kier alpha value is -3.06. The lowest BCUT2D eigenvalue weighted by atomic mass is 9.80. The predicted molar refractivity (Wildman–Crippen MR) is 111 cm³/mol. The van der Waals surface area contributed by atoms with Crippen LogP contribution >= 0.6 is 0 Å². The van der Waals surface area contributed by atoms with Crippen molar-refractivity contribution in [3.8, 4) is 11.3 Å². The van der Waals surface area contributed by atoms with E-state index < -0.39 is 23.1 Å². The Morgan fingerprint density at radius 2 is 1.87 bits per heavy atom. The van der Waals surface area contributed by atoms with Crippen LogP contribution < -0.4 is 5.73 Å². The average Bonchev–Trinajstić information content (AvgIpc) is 2.76. The second-order valence-corrected chi connectivity index (χ2v) is 7.95. The highest BCUT2D eigenvalue weighted by Crippen LogP contribution is 2.34. The predicted octanol–water partition coefficient (Wildman–Crippen LogP) is 4.97. The maximum atomic E-state index is 14.3. The molecule has 0 aliphatic heterocycles. The summed E-state index contributed by atoms with van der Waals surface area (Å²) in [6, 6.07) is 7.05. The second-order valence-electron chi connectivity index (χ2n) is 7.95. The van der Waals surface area contributed by atoms with E-state index in [2.05, 4.69) is 9.97 Å². The molecule has 0 spiro atoms. The Labute approximate surface area is 178 Å². The number of rotatable bonds is 5. The van der Waals surface area contributed by atoms with Crippen LogP contribution in [-0.4, -0.2) is 21.8 Å². The van der Waals surface area contributed by atoms with Gasteiger partial charge < -0.3 is 5.73 Å². The van der Waals surface area contributed by atoms with Gasteiger partial charge in [-0.3, -0.25) is 9.78 Å². The first-order chi connectivity index (χ1) is 14.9. The number of hydrogen-bond donors (Lipinski definition) is 1. The topological polar surface area (TPSA) is 68.9 Å². The van der Waals surface area contributed by atoms with Crippen molar-refractivity contribution in [3.63, 3.8) is 0 Å². The zero-order chi connectivity index (χ0) is 22.0. The molecule has 2 atom stereocenters. The molecule has 2 N–H and O–H groups in total. The first-order valence-electron chi connectivity index (χ1n) is 10.3. The average molecular weight is 425 g/mol. The molecule has 0 radical (unpaired) electrons. The van der Waals surface area contributed by atoms with Crippen molar-refractivity contribution in [1.82, 2.24) is 9.97 Å². The molecular formula is C24H22F3N3O. The van der Waals surface area contributed by atoms with Crippen LogP contribution in [0.25, 0.3) is 11.3 Å². The number of carbonyl (C=O) groups excluding carboxylic acids is 1. The third-order valence-electron chi connectivity index (χ3n) is 5.76. The van der Waals surface area contributed by atoms with Crippen molar-refractivity contribution < 1.29 is 18.0 Å². The number of benzene rings is 1. The monoisotopic (exact) mass is 425 g/mol. The summed E-state index contributed by atoms with van der Waals surface area (Å²) >= 11 is 0. The van der Waals surface area contributed by atoms with Gasteiger partial charge in [0.15, 0.2) is 5.78 Å². The lowest BCUT2D eigenvalue weighted by molar-refractivity contribution is 0.0987. The summed E-state index contributed by atoms with van der Waals surface area (Å²) in [5.41, 5.74) is 7.20. The van der Waals surface area contributed by atoms with E-state index in [9.17, 15) is 18.0 Å². The third-order valence-corrected chi connectivity index (χ3v) is 5.76. The van der Waals surface area contributed by atoms with E-state index in [0.717, 1.165) is 61.1 Å². The summed E-state index contributed by atoms with van der Waals surface area (Å²) in [7, 11) is 0. The minimum atomic E-state index is -0.834. The minimum absolute atomic E-state index is 0.0183. The molecule has 2 heterocycles. The van der Waals surface area contributed by atoms with Gasteiger partial charge in [0, 0.05) is 30.4 Å². The van der Waals surface area contributed by atoms with Crippen LogP contribution in [0.1, 0.15) is 53.2 Å². The van der Waals surface area contributed by atoms with Crippen LogP contribution in [0.4, 0.5) is 13.2 Å². The summed E-state index contributed by atoms with van der Waals surface area (Å²) in [5, 5.41) is 0. The second kappa shape index (κ2) is 8.98. The molecule has 0 unspecified atom stereocenters. The Morgan fingerprint density at radius 3 is 2.68 bits per heavy atom. The van der Waals surface area contributed by atoms with Crippen LogP contribution in [0, 0.1) is 17.5 Å². The lowest BCUT2D eigenvalue weighted by Gasteiger charge is -2.28. The first-order valence-corrected chi connectivity index (χ1v) is 10.3. The van der Waals surface area contributed by atoms with Crippen LogP contribution in [0.2, 0.25) is 0 Å². The van der Waals surface area contributed by atoms with E-state index in [1.54, 1.807) is 12.4 Å². The molecule has 0 amide bonds. The van der Waals surface area contributed by atoms with Crippen molar-refractivity contribution in [2.45, 2.75) is 44.1 Å². The van der Waals surface area contributed by atoms with Gasteiger partial charge in [-0.1, -0.05) is 6.42 Å². The van der Waals surface area contributed by atoms with E-state index in [0.29, 0.717) is 0 Å². The van der Waals surface area contributed by atoms with Gasteiger partial charge in [-0.25, -0.2) is 18.2 Å². The molecular weight excluding hydrogens is 403 g/mol. The third kappa shape index (κ3) is 4.66. The smallest absolute Gasteiger partial charge is 0.185 e. The van der Waals surface area contributed by atoms with Gasteiger partial charge >= 0.3 is 0 Å². The maximum Gasteiger partial charge on any atom is 0.185 e. The van der Waals surface area contributed by atoms with Crippen LogP contribution in [-0.2, 0) is 6.42 Å². The fraction of sp³-hybridized carbons (Fsp3) is 0.292. The SMILES string of the molecule is N[C@H]1CCC[C@@H](c2ccncc2CC(=O)c2ccc(F)c(-c3cc(F)ccc3F)n2)C1. The number of ketones is 1. The van der Waals surface area contributed by atoms with Crippen molar-refractivity contribution in [3.05, 3.63) is 83.1 Å². The highest BCUT2D eigenvalue weighted by Gasteiger charge is 2.24. The van der Waals surface area contributed by atoms with E-state index in [4.69, 9.17) is 5.73 Å². The molecule has 0 bridgehead atoms. The number of nitrogens with zero attached hydrogens (tertiary/aromatic N) is 2. The molecule has 4 rings (SSSR count). The molecule has 160 valence electrons. The fourth-order valence-corrected chi connectivity index (χ4v) is 4.22. The lowest BCUT2D eigenvalue weighted by Crippen LogP contribution is -2.27. The van der Waals surface area contributed by atoms with Crippen molar-refractivity contribution >= 4 is 5.78 Å². The number of carbonyl (C=O) groups is 1. The summed E-state index contributed by atoms with van der Waals surface area (Å²) in [4.78, 5) is 21.1. The Morgan fingerprint density at radius 1 is 1.06 bits per heavy atom. The van der Waals surface area contributed by atoms with Crippen LogP contribution in [0.5, 0.6) is 0 Å². The Balaban J connectivity index is 1.63. The number of aromatic nitrogens is 2. The molecule has 7 heteroatoms. The molecule has 4 nitrogen and oxygen atoms in total. The zero-order valence-electron chi connectivity index (χ0n) is 16.8. The van der Waals surface area contributed by atoms with Crippen molar-refractivity contribution in [2.75, 3.05) is 0 Å². The summed E-state index contributed by atoms with van der Waals surface area (Å²) in [6.07, 6.45) is 7.26. The summed E-state index contributed by atoms with van der Waals surface area (Å²) < 4.78 is 42.0. The standard InChI is InChI=1S/C24H22F3N3O/c25-16-4-5-20(26)19(12-16)24-21(27)6-7-22(30-24)23(31)11-15-13-29-9-8-18(15)14-2-1-3-17(28)10-14/h4-9,12-14,17H,1-3,10-11,28H2/t14-,17+/m1/s1. The summed E-state index contributed by atoms with van der Waals surface area (Å²) in [6.45, 7) is 0. The molecule has 1 aliphatic rings. The number of hydrogen-bond acceptors (Lipinski definition) is 4. The molecule has 1 aromatic carbocycles. The van der Waals surface area contributed by atoms with Crippen LogP contribution in [0.15, 0.2) is 48.8 Å². The van der Waals surface area contributed by atoms with E-state index in [1.165, 1.54) is 6.07 Å². The van der Waals surface area contributed by atoms with Crippen LogP contribution in [0.3, 0.4) is 0 Å². The van der Waals surface area contributed by atoms with Gasteiger partial charge in [0.2, 0.25) is 0 Å². The highest BCUT2D eigenvalue weighted by molar-refractivity contribution is 5.96. The maximum absolute atomic E-state index is 14.3. The van der Waals surface area contributed by atoms with Crippen molar-refractivity contribution in [2.24, 2.45) is 5.73 Å². The molecule has 31 heavy (non-hydrogen) atoms. The highest BCUT2D eigenvalue weighted by atomic mass is 19.1. The van der Waals surface area contributed by atoms with Gasteiger partial charge in [-0.2, -0.15) is 0 Å². The Kier molecular flexibility index (Phi) is 6.13. The quantitative estimate of drug-likeness (QED) is 0.586. The molecule has 3 aromatic rings. The molecule has 0 saturated heterocycles. The zero-order valence-corrected chi connectivity index (χ0v) is 16.8. The van der Waals surface area contributed by atoms with E-state index in [1.807, 2.05) is 6.07 Å². The first kappa shape index (κ1) is 21.2. The molecule has 1 aliphatic carbocycles. The Bertz CT molecular complexity index is 1120. The van der Waals surface area contributed by atoms with Gasteiger partial charge in [0.25, 0.3) is 0 Å². The van der Waals surface area contributed by atoms with Crippen molar-refractivity contribution in [1.29, 1.82) is 0 Å². The van der Waals surface area contributed by atoms with Gasteiger partial charge in [0.1, 0.15) is 28.8 Å². The van der Waals surface area contributed by atoms with Gasteiger partial charge in [-0.15, -0.1) is 0 Å². The fourth-order valence-electron chi connectivity index (χ4n) is 4.22. The van der Waals surface area contributed by atoms with Gasteiger partial charge in [0.05, 0.1) is 0 Å².